The molecule has 0 radical (unpaired) electrons. The molecule has 0 saturated heterocycles. The number of nitrogens with one attached hydrogen (secondary N) is 1. The van der Waals surface area contributed by atoms with Gasteiger partial charge >= 0.3 is 5.63 Å². The summed E-state index contributed by atoms with van der Waals surface area (Å²) in [7, 11) is 0. The van der Waals surface area contributed by atoms with Gasteiger partial charge in [-0.25, -0.2) is 4.79 Å². The lowest BCUT2D eigenvalue weighted by Gasteiger charge is -2.05. The average Bonchev–Trinajstić information content (AvgIpc) is 2.54. The van der Waals surface area contributed by atoms with Crippen LogP contribution >= 0.6 is 0 Å². The van der Waals surface area contributed by atoms with E-state index in [0.717, 1.165) is 17.6 Å². The Hall–Kier alpha value is -2.88. The molecular formula is C18H15NO3. The standard InChI is InChI=1S/C18H15NO3/c1-2-19-14-9-8-13-10-15(18(21)22-16(13)11-14)17(20)12-6-4-3-5-7-12/h3-11,19H,2H2,1H3. The number of benzene rings is 2. The number of carbonyl (C=O) groups excluding carboxylic acids is 1. The molecule has 22 heavy (non-hydrogen) atoms. The van der Waals surface area contributed by atoms with Gasteiger partial charge in [-0.05, 0) is 25.1 Å². The quantitative estimate of drug-likeness (QED) is 0.591. The summed E-state index contributed by atoms with van der Waals surface area (Å²) in [5.41, 5.74) is 1.25. The molecule has 0 unspecified atom stereocenters. The van der Waals surface area contributed by atoms with Crippen LogP contribution in [0.25, 0.3) is 11.0 Å². The molecule has 0 spiro atoms. The number of fused-ring (bicyclic) bond motifs is 1. The Morgan fingerprint density at radius 3 is 2.59 bits per heavy atom. The highest BCUT2D eigenvalue weighted by molar-refractivity contribution is 6.09. The molecule has 1 N–H and O–H groups in total. The summed E-state index contributed by atoms with van der Waals surface area (Å²) in [6.07, 6.45) is 0. The third kappa shape index (κ3) is 2.63. The van der Waals surface area contributed by atoms with Crippen LogP contribution in [0.4, 0.5) is 5.69 Å². The van der Waals surface area contributed by atoms with E-state index in [1.807, 2.05) is 25.1 Å². The zero-order chi connectivity index (χ0) is 15.5. The van der Waals surface area contributed by atoms with Gasteiger partial charge in [0.15, 0.2) is 5.78 Å². The van der Waals surface area contributed by atoms with Gasteiger partial charge in [0.2, 0.25) is 0 Å². The normalized spacial score (nSPS) is 10.6. The number of hydrogen-bond donors (Lipinski definition) is 1. The minimum atomic E-state index is -0.616. The van der Waals surface area contributed by atoms with E-state index in [2.05, 4.69) is 5.32 Å². The first-order chi connectivity index (χ1) is 10.7. The number of hydrogen-bond acceptors (Lipinski definition) is 4. The number of ketones is 1. The Labute approximate surface area is 127 Å². The molecule has 4 nitrogen and oxygen atoms in total. The van der Waals surface area contributed by atoms with Crippen LogP contribution in [0.15, 0.2) is 63.8 Å². The van der Waals surface area contributed by atoms with Gasteiger partial charge in [-0.15, -0.1) is 0 Å². The lowest BCUT2D eigenvalue weighted by molar-refractivity contribution is 0.103. The molecule has 3 rings (SSSR count). The molecule has 0 atom stereocenters. The minimum Gasteiger partial charge on any atom is -0.422 e. The second kappa shape index (κ2) is 5.85. The third-order valence-electron chi connectivity index (χ3n) is 3.40. The van der Waals surface area contributed by atoms with Crippen LogP contribution in [-0.2, 0) is 0 Å². The second-order valence-corrected chi connectivity index (χ2v) is 4.93. The van der Waals surface area contributed by atoms with E-state index in [1.54, 1.807) is 36.4 Å². The van der Waals surface area contributed by atoms with E-state index < -0.39 is 5.63 Å². The maximum atomic E-state index is 12.4. The summed E-state index contributed by atoms with van der Waals surface area (Å²) in [4.78, 5) is 24.5. The van der Waals surface area contributed by atoms with Gasteiger partial charge in [0.05, 0.1) is 0 Å². The van der Waals surface area contributed by atoms with Crippen molar-refractivity contribution in [2.75, 3.05) is 11.9 Å². The molecular weight excluding hydrogens is 278 g/mol. The van der Waals surface area contributed by atoms with Crippen LogP contribution in [0, 0.1) is 0 Å². The van der Waals surface area contributed by atoms with Crippen molar-refractivity contribution in [2.24, 2.45) is 0 Å². The number of anilines is 1. The highest BCUT2D eigenvalue weighted by Crippen LogP contribution is 2.19. The van der Waals surface area contributed by atoms with Crippen molar-refractivity contribution < 1.29 is 9.21 Å². The van der Waals surface area contributed by atoms with Crippen LogP contribution in [0.2, 0.25) is 0 Å². The second-order valence-electron chi connectivity index (χ2n) is 4.93. The highest BCUT2D eigenvalue weighted by Gasteiger charge is 2.15. The topological polar surface area (TPSA) is 59.3 Å². The summed E-state index contributed by atoms with van der Waals surface area (Å²) in [6, 6.07) is 15.8. The molecule has 0 aliphatic rings. The third-order valence-corrected chi connectivity index (χ3v) is 3.40. The van der Waals surface area contributed by atoms with Crippen LogP contribution in [0.5, 0.6) is 0 Å². The lowest BCUT2D eigenvalue weighted by atomic mass is 10.0. The molecule has 0 aliphatic heterocycles. The Bertz CT molecular complexity index is 882. The molecule has 1 heterocycles. The van der Waals surface area contributed by atoms with E-state index in [1.165, 1.54) is 0 Å². The van der Waals surface area contributed by atoms with Crippen LogP contribution in [0.1, 0.15) is 22.8 Å². The van der Waals surface area contributed by atoms with E-state index in [-0.39, 0.29) is 11.3 Å². The smallest absolute Gasteiger partial charge is 0.347 e. The van der Waals surface area contributed by atoms with Gasteiger partial charge < -0.3 is 9.73 Å². The molecule has 0 saturated carbocycles. The summed E-state index contributed by atoms with van der Waals surface area (Å²) >= 11 is 0. The zero-order valence-corrected chi connectivity index (χ0v) is 12.1. The summed E-state index contributed by atoms with van der Waals surface area (Å²) in [5.74, 6) is -0.327. The van der Waals surface area contributed by atoms with E-state index in [4.69, 9.17) is 4.42 Å². The maximum Gasteiger partial charge on any atom is 0.347 e. The van der Waals surface area contributed by atoms with Gasteiger partial charge in [-0.1, -0.05) is 30.3 Å². The van der Waals surface area contributed by atoms with Crippen molar-refractivity contribution in [2.45, 2.75) is 6.92 Å². The number of rotatable bonds is 4. The molecule has 0 bridgehead atoms. The fraction of sp³-hybridized carbons (Fsp3) is 0.111. The molecule has 3 aromatic rings. The predicted molar refractivity (Wildman–Crippen MR) is 86.5 cm³/mol. The lowest BCUT2D eigenvalue weighted by Crippen LogP contribution is -2.14. The SMILES string of the molecule is CCNc1ccc2cc(C(=O)c3ccccc3)c(=O)oc2c1. The Kier molecular flexibility index (Phi) is 3.74. The molecule has 0 aliphatic carbocycles. The van der Waals surface area contributed by atoms with Gasteiger partial charge in [-0.3, -0.25) is 4.79 Å². The monoisotopic (exact) mass is 293 g/mol. The van der Waals surface area contributed by atoms with Crippen molar-refractivity contribution in [1.82, 2.24) is 0 Å². The van der Waals surface area contributed by atoms with Gasteiger partial charge in [0, 0.05) is 29.2 Å². The van der Waals surface area contributed by atoms with Gasteiger partial charge in [0.25, 0.3) is 0 Å². The predicted octanol–water partition coefficient (Wildman–Crippen LogP) is 3.46. The number of carbonyl (C=O) groups is 1. The molecule has 1 aromatic heterocycles. The Morgan fingerprint density at radius 2 is 1.86 bits per heavy atom. The van der Waals surface area contributed by atoms with Crippen LogP contribution < -0.4 is 10.9 Å². The zero-order valence-electron chi connectivity index (χ0n) is 12.1. The molecule has 0 amide bonds. The largest absolute Gasteiger partial charge is 0.422 e. The van der Waals surface area contributed by atoms with Gasteiger partial charge in [-0.2, -0.15) is 0 Å². The average molecular weight is 293 g/mol. The van der Waals surface area contributed by atoms with Crippen LogP contribution in [0.3, 0.4) is 0 Å². The molecule has 4 heteroatoms. The Balaban J connectivity index is 2.08. The first-order valence-electron chi connectivity index (χ1n) is 7.10. The molecule has 0 fully saturated rings. The van der Waals surface area contributed by atoms with Crippen LogP contribution in [-0.4, -0.2) is 12.3 Å². The first-order valence-corrected chi connectivity index (χ1v) is 7.10. The minimum absolute atomic E-state index is 0.0508. The van der Waals surface area contributed by atoms with Crippen molar-refractivity contribution in [3.05, 3.63) is 76.1 Å². The highest BCUT2D eigenvalue weighted by atomic mass is 16.4. The van der Waals surface area contributed by atoms with Crippen molar-refractivity contribution >= 4 is 22.4 Å². The summed E-state index contributed by atoms with van der Waals surface area (Å²) < 4.78 is 5.31. The Morgan fingerprint density at radius 1 is 1.09 bits per heavy atom. The van der Waals surface area contributed by atoms with Crippen molar-refractivity contribution in [1.29, 1.82) is 0 Å². The fourth-order valence-electron chi connectivity index (χ4n) is 2.33. The fourth-order valence-corrected chi connectivity index (χ4v) is 2.33. The summed E-state index contributed by atoms with van der Waals surface area (Å²) in [6.45, 7) is 2.77. The molecule has 110 valence electrons. The van der Waals surface area contributed by atoms with E-state index in [0.29, 0.717) is 11.1 Å². The van der Waals surface area contributed by atoms with Crippen molar-refractivity contribution in [3.8, 4) is 0 Å². The first kappa shape index (κ1) is 14.1. The van der Waals surface area contributed by atoms with Gasteiger partial charge in [0.1, 0.15) is 11.1 Å². The van der Waals surface area contributed by atoms with E-state index >= 15 is 0 Å². The maximum absolute atomic E-state index is 12.4. The summed E-state index contributed by atoms with van der Waals surface area (Å²) in [5, 5.41) is 3.88. The molecule has 2 aromatic carbocycles. The van der Waals surface area contributed by atoms with Crippen molar-refractivity contribution in [3.63, 3.8) is 0 Å². The van der Waals surface area contributed by atoms with E-state index in [9.17, 15) is 9.59 Å².